The summed E-state index contributed by atoms with van der Waals surface area (Å²) in [6.45, 7) is 3.50. The molecule has 1 saturated heterocycles. The summed E-state index contributed by atoms with van der Waals surface area (Å²) in [5, 5.41) is 11.6. The molecule has 1 fully saturated rings. The van der Waals surface area contributed by atoms with Crippen LogP contribution in [0.15, 0.2) is 66.9 Å². The number of benzene rings is 1. The van der Waals surface area contributed by atoms with Gasteiger partial charge in [-0.1, -0.05) is 36.4 Å². The number of nitrogens with one attached hydrogen (secondary N) is 1. The molecule has 156 valence electrons. The Morgan fingerprint density at radius 1 is 0.968 bits per heavy atom. The van der Waals surface area contributed by atoms with Crippen LogP contribution in [0, 0.1) is 12.8 Å². The van der Waals surface area contributed by atoms with Crippen LogP contribution in [0.1, 0.15) is 18.5 Å². The monoisotopic (exact) mass is 412 g/mol. The van der Waals surface area contributed by atoms with Crippen LogP contribution in [-0.2, 0) is 4.79 Å². The lowest BCUT2D eigenvalue weighted by atomic mass is 9.96. The quantitative estimate of drug-likeness (QED) is 0.549. The summed E-state index contributed by atoms with van der Waals surface area (Å²) < 4.78 is 1.94. The zero-order chi connectivity index (χ0) is 21.2. The second-order valence-electron chi connectivity index (χ2n) is 7.89. The maximum atomic E-state index is 13.2. The number of hydrogen-bond acceptors (Lipinski definition) is 5. The molecule has 1 N–H and O–H groups in total. The predicted octanol–water partition coefficient (Wildman–Crippen LogP) is 3.95. The van der Waals surface area contributed by atoms with Gasteiger partial charge < -0.3 is 10.2 Å². The summed E-state index contributed by atoms with van der Waals surface area (Å²) in [5.74, 6) is 1.58. The minimum absolute atomic E-state index is 0.0393. The van der Waals surface area contributed by atoms with Crippen molar-refractivity contribution in [2.24, 2.45) is 5.92 Å². The SMILES string of the molecule is Cc1ccc(N2CCC(C(=O)Nc3c(-c4ccccc4)nc4ccccn34)CC2)nn1. The van der Waals surface area contributed by atoms with E-state index in [2.05, 4.69) is 20.4 Å². The molecular formula is C24H24N6O. The van der Waals surface area contributed by atoms with Crippen LogP contribution in [0.25, 0.3) is 16.9 Å². The smallest absolute Gasteiger partial charge is 0.228 e. The number of fused-ring (bicyclic) bond motifs is 1. The third-order valence-corrected chi connectivity index (χ3v) is 5.79. The van der Waals surface area contributed by atoms with Gasteiger partial charge in [0.1, 0.15) is 17.2 Å². The van der Waals surface area contributed by atoms with Crippen molar-refractivity contribution in [3.63, 3.8) is 0 Å². The molecule has 5 rings (SSSR count). The van der Waals surface area contributed by atoms with Crippen LogP contribution in [0.2, 0.25) is 0 Å². The topological polar surface area (TPSA) is 75.4 Å². The normalized spacial score (nSPS) is 14.7. The molecule has 1 aliphatic rings. The molecule has 3 aromatic heterocycles. The van der Waals surface area contributed by atoms with E-state index in [9.17, 15) is 4.79 Å². The summed E-state index contributed by atoms with van der Waals surface area (Å²) >= 11 is 0. The fourth-order valence-electron chi connectivity index (χ4n) is 4.06. The summed E-state index contributed by atoms with van der Waals surface area (Å²) in [4.78, 5) is 20.1. The van der Waals surface area contributed by atoms with Crippen LogP contribution < -0.4 is 10.2 Å². The molecule has 0 saturated carbocycles. The lowest BCUT2D eigenvalue weighted by molar-refractivity contribution is -0.120. The highest BCUT2D eigenvalue weighted by Crippen LogP contribution is 2.30. The Labute approximate surface area is 180 Å². The van der Waals surface area contributed by atoms with Gasteiger partial charge in [-0.15, -0.1) is 5.10 Å². The van der Waals surface area contributed by atoms with E-state index in [0.29, 0.717) is 0 Å². The van der Waals surface area contributed by atoms with E-state index in [1.54, 1.807) is 0 Å². The third kappa shape index (κ3) is 3.86. The average Bonchev–Trinajstić information content (AvgIpc) is 3.19. The molecule has 1 aliphatic heterocycles. The Morgan fingerprint density at radius 2 is 1.74 bits per heavy atom. The van der Waals surface area contributed by atoms with Crippen molar-refractivity contribution in [2.75, 3.05) is 23.3 Å². The lowest BCUT2D eigenvalue weighted by Crippen LogP contribution is -2.38. The largest absolute Gasteiger partial charge is 0.355 e. The molecule has 7 nitrogen and oxygen atoms in total. The van der Waals surface area contributed by atoms with Gasteiger partial charge in [-0.25, -0.2) is 4.98 Å². The molecule has 4 heterocycles. The Bertz CT molecular complexity index is 1190. The predicted molar refractivity (Wildman–Crippen MR) is 121 cm³/mol. The van der Waals surface area contributed by atoms with Crippen LogP contribution in [0.3, 0.4) is 0 Å². The van der Waals surface area contributed by atoms with Crippen molar-refractivity contribution in [1.82, 2.24) is 19.6 Å². The number of nitrogens with zero attached hydrogens (tertiary/aromatic N) is 5. The third-order valence-electron chi connectivity index (χ3n) is 5.79. The van der Waals surface area contributed by atoms with E-state index in [1.165, 1.54) is 0 Å². The van der Waals surface area contributed by atoms with Crippen molar-refractivity contribution < 1.29 is 4.79 Å². The number of pyridine rings is 1. The number of amides is 1. The zero-order valence-electron chi connectivity index (χ0n) is 17.4. The van der Waals surface area contributed by atoms with Gasteiger partial charge in [-0.3, -0.25) is 9.20 Å². The van der Waals surface area contributed by atoms with Gasteiger partial charge in [-0.05, 0) is 44.0 Å². The molecule has 1 amide bonds. The van der Waals surface area contributed by atoms with Gasteiger partial charge in [0.05, 0.1) is 5.69 Å². The van der Waals surface area contributed by atoms with Crippen LogP contribution in [0.4, 0.5) is 11.6 Å². The summed E-state index contributed by atoms with van der Waals surface area (Å²) in [5.41, 5.74) is 3.48. The average molecular weight is 412 g/mol. The first-order chi connectivity index (χ1) is 15.2. The molecular weight excluding hydrogens is 388 g/mol. The Hall–Kier alpha value is -3.74. The highest BCUT2D eigenvalue weighted by atomic mass is 16.2. The summed E-state index contributed by atoms with van der Waals surface area (Å²) in [6, 6.07) is 19.8. The number of rotatable bonds is 4. The van der Waals surface area contributed by atoms with E-state index in [-0.39, 0.29) is 11.8 Å². The number of piperidine rings is 1. The number of aryl methyl sites for hydroxylation is 1. The van der Waals surface area contributed by atoms with Crippen molar-refractivity contribution in [3.8, 4) is 11.3 Å². The van der Waals surface area contributed by atoms with E-state index in [0.717, 1.165) is 60.2 Å². The number of carbonyl (C=O) groups is 1. The van der Waals surface area contributed by atoms with E-state index in [4.69, 9.17) is 4.98 Å². The summed E-state index contributed by atoms with van der Waals surface area (Å²) in [6.07, 6.45) is 3.49. The molecule has 0 unspecified atom stereocenters. The molecule has 0 spiro atoms. The van der Waals surface area contributed by atoms with Crippen molar-refractivity contribution >= 4 is 23.2 Å². The van der Waals surface area contributed by atoms with Gasteiger partial charge in [0.15, 0.2) is 5.82 Å². The first-order valence-electron chi connectivity index (χ1n) is 10.6. The van der Waals surface area contributed by atoms with Crippen molar-refractivity contribution in [1.29, 1.82) is 0 Å². The van der Waals surface area contributed by atoms with E-state index in [1.807, 2.05) is 78.2 Å². The molecule has 0 aliphatic carbocycles. The van der Waals surface area contributed by atoms with Crippen molar-refractivity contribution in [2.45, 2.75) is 19.8 Å². The standard InChI is InChI=1S/C24H24N6O/c1-17-10-11-21(28-27-17)29-15-12-19(13-16-29)24(31)26-23-22(18-7-3-2-4-8-18)25-20-9-5-6-14-30(20)23/h2-11,14,19H,12-13,15-16H2,1H3,(H,26,31). The maximum Gasteiger partial charge on any atom is 0.228 e. The molecule has 31 heavy (non-hydrogen) atoms. The first-order valence-corrected chi connectivity index (χ1v) is 10.6. The van der Waals surface area contributed by atoms with Gasteiger partial charge in [-0.2, -0.15) is 5.10 Å². The lowest BCUT2D eigenvalue weighted by Gasteiger charge is -2.31. The van der Waals surface area contributed by atoms with E-state index < -0.39 is 0 Å². The number of hydrogen-bond donors (Lipinski definition) is 1. The van der Waals surface area contributed by atoms with Crippen LogP contribution >= 0.6 is 0 Å². The Kier molecular flexibility index (Phi) is 5.08. The van der Waals surface area contributed by atoms with Crippen LogP contribution in [-0.4, -0.2) is 38.6 Å². The maximum absolute atomic E-state index is 13.2. The summed E-state index contributed by atoms with van der Waals surface area (Å²) in [7, 11) is 0. The molecule has 0 bridgehead atoms. The van der Waals surface area contributed by atoms with Gasteiger partial charge in [0.25, 0.3) is 0 Å². The van der Waals surface area contributed by atoms with Gasteiger partial charge in [0.2, 0.25) is 5.91 Å². The second kappa shape index (κ2) is 8.18. The molecule has 1 aromatic carbocycles. The minimum Gasteiger partial charge on any atom is -0.355 e. The van der Waals surface area contributed by atoms with Crippen molar-refractivity contribution in [3.05, 3.63) is 72.6 Å². The zero-order valence-corrected chi connectivity index (χ0v) is 17.4. The van der Waals surface area contributed by atoms with Gasteiger partial charge in [0, 0.05) is 30.8 Å². The minimum atomic E-state index is -0.0486. The number of carbonyl (C=O) groups excluding carboxylic acids is 1. The van der Waals surface area contributed by atoms with Gasteiger partial charge >= 0.3 is 0 Å². The number of aromatic nitrogens is 4. The van der Waals surface area contributed by atoms with Crippen LogP contribution in [0.5, 0.6) is 0 Å². The fraction of sp³-hybridized carbons (Fsp3) is 0.250. The Morgan fingerprint density at radius 3 is 2.48 bits per heavy atom. The second-order valence-corrected chi connectivity index (χ2v) is 7.89. The highest BCUT2D eigenvalue weighted by Gasteiger charge is 2.27. The Balaban J connectivity index is 1.35. The first kappa shape index (κ1) is 19.2. The fourth-order valence-corrected chi connectivity index (χ4v) is 4.06. The number of imidazole rings is 1. The molecule has 0 atom stereocenters. The number of anilines is 2. The highest BCUT2D eigenvalue weighted by molar-refractivity contribution is 5.96. The molecule has 7 heteroatoms. The molecule has 0 radical (unpaired) electrons. The molecule has 4 aromatic rings. The van der Waals surface area contributed by atoms with E-state index >= 15 is 0 Å².